The van der Waals surface area contributed by atoms with E-state index < -0.39 is 29.0 Å². The highest BCUT2D eigenvalue weighted by Crippen LogP contribution is 2.39. The quantitative estimate of drug-likeness (QED) is 0.127. The molecule has 37 heavy (non-hydrogen) atoms. The van der Waals surface area contributed by atoms with Gasteiger partial charge in [0, 0.05) is 11.6 Å². The van der Waals surface area contributed by atoms with Gasteiger partial charge in [0.1, 0.15) is 10.2 Å². The van der Waals surface area contributed by atoms with Crippen molar-refractivity contribution in [2.45, 2.75) is 32.0 Å². The number of nitrogens with one attached hydrogen (secondary N) is 1. The van der Waals surface area contributed by atoms with Gasteiger partial charge in [0.15, 0.2) is 20.5 Å². The molecule has 5 rings (SSSR count). The molecule has 0 amide bonds. The van der Waals surface area contributed by atoms with Crippen molar-refractivity contribution in [1.29, 1.82) is 0 Å². The standard InChI is InChI=1S/C21H9ClF6N6S3/c22-14-8-15(31-17(30-14)37-19-29-12-3-1-2-4-13(12)35-19)36-18-32-16(33-34-18)9-5-10(20(23,24)25)7-11(6-9)21(26,27)28/h1-8H,(H,32,33,34). The number of hydrogen-bond acceptors (Lipinski definition) is 8. The van der Waals surface area contributed by atoms with Crippen molar-refractivity contribution in [3.05, 3.63) is 64.8 Å². The zero-order valence-electron chi connectivity index (χ0n) is 17.7. The van der Waals surface area contributed by atoms with Crippen LogP contribution in [-0.2, 0) is 12.4 Å². The first-order valence-corrected chi connectivity index (χ1v) is 12.8. The molecule has 0 atom stereocenters. The van der Waals surface area contributed by atoms with Crippen molar-refractivity contribution in [3.8, 4) is 11.4 Å². The Morgan fingerprint density at radius 1 is 0.811 bits per heavy atom. The molecule has 190 valence electrons. The lowest BCUT2D eigenvalue weighted by Gasteiger charge is -2.13. The van der Waals surface area contributed by atoms with Gasteiger partial charge in [-0.05, 0) is 53.9 Å². The Labute approximate surface area is 220 Å². The van der Waals surface area contributed by atoms with Crippen LogP contribution in [0, 0.1) is 0 Å². The van der Waals surface area contributed by atoms with Crippen LogP contribution in [0.4, 0.5) is 26.3 Å². The van der Waals surface area contributed by atoms with Gasteiger partial charge in [0.05, 0.1) is 21.3 Å². The first kappa shape index (κ1) is 25.8. The number of aromatic nitrogens is 6. The normalized spacial score (nSPS) is 12.4. The second-order valence-electron chi connectivity index (χ2n) is 7.24. The number of alkyl halides is 6. The molecule has 0 bridgehead atoms. The van der Waals surface area contributed by atoms with Gasteiger partial charge in [-0.15, -0.1) is 21.5 Å². The summed E-state index contributed by atoms with van der Waals surface area (Å²) >= 11 is 9.69. The summed E-state index contributed by atoms with van der Waals surface area (Å²) in [5.41, 5.74) is -2.51. The first-order chi connectivity index (χ1) is 17.4. The van der Waals surface area contributed by atoms with E-state index in [9.17, 15) is 26.3 Å². The lowest BCUT2D eigenvalue weighted by molar-refractivity contribution is -0.143. The fourth-order valence-electron chi connectivity index (χ4n) is 3.06. The van der Waals surface area contributed by atoms with Crippen LogP contribution in [0.1, 0.15) is 11.1 Å². The molecule has 0 aliphatic rings. The molecule has 1 N–H and O–H groups in total. The topological polar surface area (TPSA) is 80.2 Å². The highest BCUT2D eigenvalue weighted by atomic mass is 35.5. The summed E-state index contributed by atoms with van der Waals surface area (Å²) in [6.45, 7) is 0. The van der Waals surface area contributed by atoms with Crippen LogP contribution in [0.2, 0.25) is 5.15 Å². The largest absolute Gasteiger partial charge is 0.416 e. The lowest BCUT2D eigenvalue weighted by atomic mass is 10.0. The summed E-state index contributed by atoms with van der Waals surface area (Å²) in [5.74, 6) is -0.275. The van der Waals surface area contributed by atoms with Crippen molar-refractivity contribution >= 4 is 56.7 Å². The van der Waals surface area contributed by atoms with Crippen molar-refractivity contribution in [2.75, 3.05) is 0 Å². The highest BCUT2D eigenvalue weighted by molar-refractivity contribution is 8.01. The van der Waals surface area contributed by atoms with Gasteiger partial charge in [-0.25, -0.2) is 15.0 Å². The van der Waals surface area contributed by atoms with Crippen molar-refractivity contribution in [2.24, 2.45) is 0 Å². The third kappa shape index (κ3) is 6.00. The molecule has 0 saturated heterocycles. The summed E-state index contributed by atoms with van der Waals surface area (Å²) in [4.78, 5) is 15.7. The molecular formula is C21H9ClF6N6S3. The number of nitrogens with zero attached hydrogens (tertiary/aromatic N) is 5. The maximum absolute atomic E-state index is 13.2. The number of H-pyrrole nitrogens is 1. The van der Waals surface area contributed by atoms with Gasteiger partial charge < -0.3 is 4.98 Å². The molecular weight excluding hydrogens is 582 g/mol. The van der Waals surface area contributed by atoms with E-state index in [4.69, 9.17) is 11.6 Å². The SMILES string of the molecule is FC(F)(F)c1cc(-c2nnc(Sc3cc(Cl)nc(Sc4nc5ccccc5s4)n3)[nH]2)cc(C(F)(F)F)c1. The fraction of sp³-hybridized carbons (Fsp3) is 0.0952. The Kier molecular flexibility index (Phi) is 6.81. The van der Waals surface area contributed by atoms with Crippen molar-refractivity contribution in [3.63, 3.8) is 0 Å². The molecule has 3 heterocycles. The molecule has 0 saturated carbocycles. The third-order valence-corrected chi connectivity index (χ3v) is 7.58. The zero-order chi connectivity index (χ0) is 26.4. The summed E-state index contributed by atoms with van der Waals surface area (Å²) < 4.78 is 80.8. The number of benzene rings is 2. The first-order valence-electron chi connectivity index (χ1n) is 9.92. The van der Waals surface area contributed by atoms with Crippen molar-refractivity contribution < 1.29 is 26.3 Å². The molecule has 0 aliphatic carbocycles. The second-order valence-corrected chi connectivity index (χ2v) is 10.9. The number of thiazole rings is 1. The van der Waals surface area contributed by atoms with Gasteiger partial charge in [-0.1, -0.05) is 23.7 Å². The lowest BCUT2D eigenvalue weighted by Crippen LogP contribution is -2.11. The molecule has 0 spiro atoms. The van der Waals surface area contributed by atoms with Gasteiger partial charge in [-0.3, -0.25) is 0 Å². The molecule has 6 nitrogen and oxygen atoms in total. The Hall–Kier alpha value is -2.88. The molecule has 0 unspecified atom stereocenters. The summed E-state index contributed by atoms with van der Waals surface area (Å²) in [6.07, 6.45) is -9.97. The highest BCUT2D eigenvalue weighted by Gasteiger charge is 2.37. The molecule has 5 aromatic rings. The smallest absolute Gasteiger partial charge is 0.316 e. The average Bonchev–Trinajstić information content (AvgIpc) is 3.43. The van der Waals surface area contributed by atoms with Crippen LogP contribution in [-0.4, -0.2) is 30.1 Å². The maximum atomic E-state index is 13.2. The number of halogens is 7. The van der Waals surface area contributed by atoms with Gasteiger partial charge in [0.2, 0.25) is 0 Å². The predicted molar refractivity (Wildman–Crippen MR) is 127 cm³/mol. The minimum Gasteiger partial charge on any atom is -0.316 e. The van der Waals surface area contributed by atoms with Crippen molar-refractivity contribution in [1.82, 2.24) is 30.1 Å². The van der Waals surface area contributed by atoms with E-state index in [1.165, 1.54) is 29.2 Å². The molecule has 3 aromatic heterocycles. The number of para-hydroxylation sites is 1. The Bertz CT molecular complexity index is 1530. The Morgan fingerprint density at radius 2 is 1.51 bits per heavy atom. The van der Waals surface area contributed by atoms with Crippen LogP contribution >= 0.6 is 46.5 Å². The Morgan fingerprint density at radius 3 is 2.19 bits per heavy atom. The van der Waals surface area contributed by atoms with Crippen LogP contribution < -0.4 is 0 Å². The minimum absolute atomic E-state index is 0.0447. The van der Waals surface area contributed by atoms with Gasteiger partial charge >= 0.3 is 12.4 Å². The van der Waals surface area contributed by atoms with E-state index >= 15 is 0 Å². The second kappa shape index (κ2) is 9.78. The van der Waals surface area contributed by atoms with E-state index in [2.05, 4.69) is 30.1 Å². The number of hydrogen-bond donors (Lipinski definition) is 1. The minimum atomic E-state index is -4.98. The van der Waals surface area contributed by atoms with Crippen LogP contribution in [0.15, 0.2) is 68.2 Å². The third-order valence-electron chi connectivity index (χ3n) is 4.63. The van der Waals surface area contributed by atoms with Gasteiger partial charge in [-0.2, -0.15) is 26.3 Å². The van der Waals surface area contributed by atoms with E-state index in [1.807, 2.05) is 24.3 Å². The summed E-state index contributed by atoms with van der Waals surface area (Å²) in [7, 11) is 0. The Balaban J connectivity index is 1.40. The summed E-state index contributed by atoms with van der Waals surface area (Å²) in [5, 5.41) is 8.35. The van der Waals surface area contributed by atoms with Crippen LogP contribution in [0.5, 0.6) is 0 Å². The van der Waals surface area contributed by atoms with Gasteiger partial charge in [0.25, 0.3) is 0 Å². The van der Waals surface area contributed by atoms with Crippen LogP contribution in [0.3, 0.4) is 0 Å². The number of rotatable bonds is 5. The molecule has 0 aliphatic heterocycles. The average molecular weight is 591 g/mol. The van der Waals surface area contributed by atoms with Crippen LogP contribution in [0.25, 0.3) is 21.6 Å². The number of aromatic amines is 1. The molecule has 0 fully saturated rings. The zero-order valence-corrected chi connectivity index (χ0v) is 20.9. The van der Waals surface area contributed by atoms with E-state index in [-0.39, 0.29) is 22.2 Å². The maximum Gasteiger partial charge on any atom is 0.416 e. The molecule has 16 heteroatoms. The molecule has 2 aromatic carbocycles. The monoisotopic (exact) mass is 590 g/mol. The number of fused-ring (bicyclic) bond motifs is 1. The van der Waals surface area contributed by atoms with E-state index in [0.717, 1.165) is 22.0 Å². The predicted octanol–water partition coefficient (Wildman–Crippen LogP) is 7.86. The van der Waals surface area contributed by atoms with E-state index in [0.29, 0.717) is 26.7 Å². The summed E-state index contributed by atoms with van der Waals surface area (Å²) in [6, 6.07) is 10.2. The van der Waals surface area contributed by atoms with E-state index in [1.54, 1.807) is 0 Å². The molecule has 0 radical (unpaired) electrons. The fourth-order valence-corrected chi connectivity index (χ4v) is 6.09.